The summed E-state index contributed by atoms with van der Waals surface area (Å²) in [6, 6.07) is 13.3. The maximum absolute atomic E-state index is 12.5. The Morgan fingerprint density at radius 3 is 2.46 bits per heavy atom. The molecule has 26 heavy (non-hydrogen) atoms. The molecule has 3 rings (SSSR count). The van der Waals surface area contributed by atoms with Crippen LogP contribution in [0.5, 0.6) is 5.75 Å². The first-order chi connectivity index (χ1) is 12.4. The number of nitrogens with zero attached hydrogens (tertiary/aromatic N) is 1. The van der Waals surface area contributed by atoms with Crippen molar-refractivity contribution < 1.29 is 22.7 Å². The Labute approximate surface area is 147 Å². The van der Waals surface area contributed by atoms with Crippen molar-refractivity contribution in [3.63, 3.8) is 0 Å². The summed E-state index contributed by atoms with van der Waals surface area (Å²) in [5.74, 6) is 0.273. The normalized spacial score (nSPS) is 11.4. The van der Waals surface area contributed by atoms with Gasteiger partial charge in [0.15, 0.2) is 0 Å². The van der Waals surface area contributed by atoms with Crippen LogP contribution in [0.15, 0.2) is 54.7 Å². The largest absolute Gasteiger partial charge is 0.497 e. The summed E-state index contributed by atoms with van der Waals surface area (Å²) in [5, 5.41) is 4.68. The van der Waals surface area contributed by atoms with Gasteiger partial charge in [0, 0.05) is 12.7 Å². The van der Waals surface area contributed by atoms with Crippen molar-refractivity contribution in [3.8, 4) is 5.75 Å². The van der Waals surface area contributed by atoms with Gasteiger partial charge in [-0.15, -0.1) is 0 Å². The fourth-order valence-corrected chi connectivity index (χ4v) is 2.49. The third kappa shape index (κ3) is 3.93. The molecular formula is C19H15F3N2O2. The highest BCUT2D eigenvalue weighted by Crippen LogP contribution is 2.27. The second-order valence-corrected chi connectivity index (χ2v) is 5.66. The van der Waals surface area contributed by atoms with Gasteiger partial charge < -0.3 is 10.1 Å². The molecule has 0 saturated carbocycles. The highest BCUT2D eigenvalue weighted by Gasteiger charge is 2.32. The van der Waals surface area contributed by atoms with Crippen LogP contribution < -0.4 is 10.1 Å². The van der Waals surface area contributed by atoms with E-state index in [9.17, 15) is 18.0 Å². The molecule has 0 aliphatic carbocycles. The summed E-state index contributed by atoms with van der Waals surface area (Å²) in [6.07, 6.45) is -3.60. The molecule has 2 aromatic carbocycles. The topological polar surface area (TPSA) is 51.2 Å². The van der Waals surface area contributed by atoms with Crippen LogP contribution in [0, 0.1) is 0 Å². The van der Waals surface area contributed by atoms with E-state index in [1.165, 1.54) is 0 Å². The number of hydrogen-bond acceptors (Lipinski definition) is 3. The van der Waals surface area contributed by atoms with E-state index in [2.05, 4.69) is 10.3 Å². The van der Waals surface area contributed by atoms with E-state index in [0.717, 1.165) is 40.4 Å². The molecule has 0 atom stereocenters. The third-order valence-corrected chi connectivity index (χ3v) is 3.88. The Morgan fingerprint density at radius 2 is 1.81 bits per heavy atom. The molecule has 0 radical (unpaired) electrons. The molecule has 1 aromatic heterocycles. The van der Waals surface area contributed by atoms with Crippen LogP contribution in [0.2, 0.25) is 0 Å². The molecule has 0 fully saturated rings. The number of benzene rings is 2. The van der Waals surface area contributed by atoms with Crippen molar-refractivity contribution in [2.45, 2.75) is 12.7 Å². The van der Waals surface area contributed by atoms with Crippen molar-refractivity contribution in [2.24, 2.45) is 0 Å². The summed E-state index contributed by atoms with van der Waals surface area (Å²) < 4.78 is 42.7. The Morgan fingerprint density at radius 1 is 1.08 bits per heavy atom. The monoisotopic (exact) mass is 360 g/mol. The zero-order chi connectivity index (χ0) is 18.7. The Hall–Kier alpha value is -3.09. The second-order valence-electron chi connectivity index (χ2n) is 5.66. The molecule has 0 aliphatic heterocycles. The molecule has 0 unspecified atom stereocenters. The Balaban J connectivity index is 1.68. The highest BCUT2D eigenvalue weighted by atomic mass is 19.4. The smallest absolute Gasteiger partial charge is 0.433 e. The van der Waals surface area contributed by atoms with Gasteiger partial charge in [0.2, 0.25) is 0 Å². The van der Waals surface area contributed by atoms with Crippen molar-refractivity contribution in [1.82, 2.24) is 10.3 Å². The minimum Gasteiger partial charge on any atom is -0.497 e. The average molecular weight is 360 g/mol. The highest BCUT2D eigenvalue weighted by molar-refractivity contribution is 5.94. The van der Waals surface area contributed by atoms with Gasteiger partial charge in [-0.2, -0.15) is 13.2 Å². The first-order valence-electron chi connectivity index (χ1n) is 7.75. The number of halogens is 3. The van der Waals surface area contributed by atoms with Gasteiger partial charge in [-0.25, -0.2) is 0 Å². The second kappa shape index (κ2) is 7.03. The van der Waals surface area contributed by atoms with E-state index in [1.54, 1.807) is 7.11 Å². The molecular weight excluding hydrogens is 345 g/mol. The van der Waals surface area contributed by atoms with Crippen LogP contribution in [0.3, 0.4) is 0 Å². The number of carbonyl (C=O) groups excluding carboxylic acids is 1. The standard InChI is InChI=1S/C19H15F3N2O2/c1-26-16-6-4-13-8-12(2-3-14(13)9-16)10-24-18(25)15-5-7-17(23-11-15)19(20,21)22/h2-9,11H,10H2,1H3,(H,24,25). The van der Waals surface area contributed by atoms with Crippen LogP contribution in [-0.4, -0.2) is 18.0 Å². The number of nitrogens with one attached hydrogen (secondary N) is 1. The predicted molar refractivity (Wildman–Crippen MR) is 90.9 cm³/mol. The average Bonchev–Trinajstić information content (AvgIpc) is 2.65. The van der Waals surface area contributed by atoms with Crippen molar-refractivity contribution in [2.75, 3.05) is 7.11 Å². The lowest BCUT2D eigenvalue weighted by molar-refractivity contribution is -0.141. The molecule has 0 bridgehead atoms. The van der Waals surface area contributed by atoms with E-state index in [1.807, 2.05) is 36.4 Å². The first-order valence-corrected chi connectivity index (χ1v) is 7.75. The molecule has 134 valence electrons. The number of pyridine rings is 1. The fraction of sp³-hybridized carbons (Fsp3) is 0.158. The van der Waals surface area contributed by atoms with Crippen molar-refractivity contribution in [1.29, 1.82) is 0 Å². The minimum absolute atomic E-state index is 0.0727. The zero-order valence-electron chi connectivity index (χ0n) is 13.8. The predicted octanol–water partition coefficient (Wildman–Crippen LogP) is 4.19. The third-order valence-electron chi connectivity index (χ3n) is 3.88. The van der Waals surface area contributed by atoms with Crippen LogP contribution in [0.1, 0.15) is 21.6 Å². The van der Waals surface area contributed by atoms with Gasteiger partial charge in [0.05, 0.1) is 12.7 Å². The molecule has 3 aromatic rings. The summed E-state index contributed by atoms with van der Waals surface area (Å²) in [5.41, 5.74) is -0.0848. The summed E-state index contributed by atoms with van der Waals surface area (Å²) in [7, 11) is 1.60. The number of methoxy groups -OCH3 is 1. The molecule has 1 N–H and O–H groups in total. The first kappa shape index (κ1) is 17.7. The molecule has 0 aliphatic rings. The van der Waals surface area contributed by atoms with Gasteiger partial charge in [-0.05, 0) is 46.7 Å². The van der Waals surface area contributed by atoms with E-state index < -0.39 is 17.8 Å². The molecule has 1 heterocycles. The minimum atomic E-state index is -4.53. The van der Waals surface area contributed by atoms with Gasteiger partial charge in [0.25, 0.3) is 5.91 Å². The van der Waals surface area contributed by atoms with Gasteiger partial charge in [-0.1, -0.05) is 18.2 Å². The molecule has 4 nitrogen and oxygen atoms in total. The van der Waals surface area contributed by atoms with Crippen molar-refractivity contribution >= 4 is 16.7 Å². The SMILES string of the molecule is COc1ccc2cc(CNC(=O)c3ccc(C(F)(F)F)nc3)ccc2c1. The summed E-state index contributed by atoms with van der Waals surface area (Å²) in [4.78, 5) is 15.4. The van der Waals surface area contributed by atoms with Crippen LogP contribution in [-0.2, 0) is 12.7 Å². The number of ether oxygens (including phenoxy) is 1. The molecule has 1 amide bonds. The zero-order valence-corrected chi connectivity index (χ0v) is 13.8. The maximum Gasteiger partial charge on any atom is 0.433 e. The quantitative estimate of drug-likeness (QED) is 0.759. The fourth-order valence-electron chi connectivity index (χ4n) is 2.49. The number of fused-ring (bicyclic) bond motifs is 1. The Kier molecular flexibility index (Phi) is 4.79. The maximum atomic E-state index is 12.5. The Bertz CT molecular complexity index is 938. The number of rotatable bonds is 4. The lowest BCUT2D eigenvalue weighted by Crippen LogP contribution is -2.23. The van der Waals surface area contributed by atoms with Gasteiger partial charge >= 0.3 is 6.18 Å². The number of carbonyl (C=O) groups is 1. The number of alkyl halides is 3. The van der Waals surface area contributed by atoms with E-state index in [-0.39, 0.29) is 12.1 Å². The summed E-state index contributed by atoms with van der Waals surface area (Å²) >= 11 is 0. The number of hydrogen-bond donors (Lipinski definition) is 1. The van der Waals surface area contributed by atoms with Gasteiger partial charge in [0.1, 0.15) is 11.4 Å². The van der Waals surface area contributed by atoms with E-state index in [4.69, 9.17) is 4.74 Å². The summed E-state index contributed by atoms with van der Waals surface area (Å²) in [6.45, 7) is 0.252. The van der Waals surface area contributed by atoms with Gasteiger partial charge in [-0.3, -0.25) is 9.78 Å². The number of aromatic nitrogens is 1. The number of amides is 1. The van der Waals surface area contributed by atoms with Crippen molar-refractivity contribution in [3.05, 3.63) is 71.5 Å². The lowest BCUT2D eigenvalue weighted by atomic mass is 10.1. The van der Waals surface area contributed by atoms with Crippen LogP contribution >= 0.6 is 0 Å². The van der Waals surface area contributed by atoms with Crippen LogP contribution in [0.25, 0.3) is 10.8 Å². The van der Waals surface area contributed by atoms with Crippen LogP contribution in [0.4, 0.5) is 13.2 Å². The van der Waals surface area contributed by atoms with E-state index >= 15 is 0 Å². The van der Waals surface area contributed by atoms with E-state index in [0.29, 0.717) is 0 Å². The molecule has 0 spiro atoms. The lowest BCUT2D eigenvalue weighted by Gasteiger charge is -2.09. The molecule has 0 saturated heterocycles. The molecule has 7 heteroatoms.